The maximum atomic E-state index is 11.7. The molecular formula is C17H24BrClN4O4. The number of aromatic amines is 2. The Morgan fingerprint density at radius 3 is 1.85 bits per heavy atom. The summed E-state index contributed by atoms with van der Waals surface area (Å²) >= 11 is 8.89. The predicted molar refractivity (Wildman–Crippen MR) is 110 cm³/mol. The van der Waals surface area contributed by atoms with Gasteiger partial charge in [0, 0.05) is 23.0 Å². The van der Waals surface area contributed by atoms with E-state index in [1.54, 1.807) is 48.5 Å². The van der Waals surface area contributed by atoms with E-state index in [0.29, 0.717) is 15.9 Å². The molecule has 0 spiro atoms. The van der Waals surface area contributed by atoms with Crippen LogP contribution >= 0.6 is 27.5 Å². The van der Waals surface area contributed by atoms with E-state index in [0.717, 1.165) is 4.57 Å². The second kappa shape index (κ2) is 8.43. The Labute approximate surface area is 169 Å². The van der Waals surface area contributed by atoms with Gasteiger partial charge in [-0.2, -0.15) is 0 Å². The maximum absolute atomic E-state index is 11.7. The molecule has 0 amide bonds. The van der Waals surface area contributed by atoms with Crippen LogP contribution in [-0.2, 0) is 5.54 Å². The highest BCUT2D eigenvalue weighted by atomic mass is 79.9. The quantitative estimate of drug-likeness (QED) is 0.677. The van der Waals surface area contributed by atoms with Gasteiger partial charge in [0.05, 0.1) is 0 Å². The van der Waals surface area contributed by atoms with E-state index in [-0.39, 0.29) is 22.3 Å². The van der Waals surface area contributed by atoms with Gasteiger partial charge in [-0.25, -0.2) is 9.59 Å². The molecule has 0 unspecified atom stereocenters. The number of rotatable bonds is 1. The van der Waals surface area contributed by atoms with Crippen LogP contribution in [0.4, 0.5) is 0 Å². The van der Waals surface area contributed by atoms with Gasteiger partial charge in [0.15, 0.2) is 0 Å². The van der Waals surface area contributed by atoms with Crippen molar-refractivity contribution in [2.24, 2.45) is 0 Å². The maximum Gasteiger partial charge on any atom is 0.329 e. The topological polar surface area (TPSA) is 110 Å². The minimum Gasteiger partial charge on any atom is -0.310 e. The summed E-state index contributed by atoms with van der Waals surface area (Å²) in [6.45, 7) is 12.2. The Morgan fingerprint density at radius 2 is 1.41 bits per heavy atom. The van der Waals surface area contributed by atoms with Crippen molar-refractivity contribution in [3.05, 3.63) is 62.6 Å². The smallest absolute Gasteiger partial charge is 0.310 e. The lowest BCUT2D eigenvalue weighted by molar-refractivity contribution is 0.366. The van der Waals surface area contributed by atoms with Crippen LogP contribution in [0.5, 0.6) is 0 Å². The van der Waals surface area contributed by atoms with E-state index >= 15 is 0 Å². The van der Waals surface area contributed by atoms with Crippen molar-refractivity contribution in [1.82, 2.24) is 19.1 Å². The number of H-pyrrole nitrogens is 2. The molecule has 0 radical (unpaired) electrons. The first-order chi connectivity index (χ1) is 12.2. The van der Waals surface area contributed by atoms with Gasteiger partial charge in [0.2, 0.25) is 0 Å². The summed E-state index contributed by atoms with van der Waals surface area (Å²) in [5.74, 6) is 0. The van der Waals surface area contributed by atoms with Crippen molar-refractivity contribution in [3.63, 3.8) is 0 Å². The first kappa shape index (κ1) is 23.2. The molecule has 0 saturated carbocycles. The fourth-order valence-corrected chi connectivity index (χ4v) is 2.76. The molecule has 27 heavy (non-hydrogen) atoms. The van der Waals surface area contributed by atoms with E-state index in [2.05, 4.69) is 25.9 Å². The third-order valence-corrected chi connectivity index (χ3v) is 5.03. The number of halogens is 2. The van der Waals surface area contributed by atoms with E-state index in [1.807, 2.05) is 0 Å². The SMILES string of the molecule is Cc1[nH]c(=O)n(C(C)(C)C)c(=O)c1Cl.Cc1[nH]c(=O)n(C(C)C)c(=O)c1Br. The molecule has 2 N–H and O–H groups in total. The first-order valence-corrected chi connectivity index (χ1v) is 9.40. The predicted octanol–water partition coefficient (Wildman–Crippen LogP) is 2.44. The lowest BCUT2D eigenvalue weighted by Gasteiger charge is -2.21. The zero-order valence-electron chi connectivity index (χ0n) is 16.4. The van der Waals surface area contributed by atoms with Crippen LogP contribution in [0.1, 0.15) is 52.0 Å². The molecule has 2 aromatic heterocycles. The van der Waals surface area contributed by atoms with Crippen LogP contribution in [0, 0.1) is 13.8 Å². The van der Waals surface area contributed by atoms with E-state index in [4.69, 9.17) is 11.6 Å². The van der Waals surface area contributed by atoms with Crippen molar-refractivity contribution in [1.29, 1.82) is 0 Å². The molecule has 0 bridgehead atoms. The summed E-state index contributed by atoms with van der Waals surface area (Å²) in [6.07, 6.45) is 0. The van der Waals surface area contributed by atoms with Gasteiger partial charge in [-0.15, -0.1) is 0 Å². The highest BCUT2D eigenvalue weighted by Crippen LogP contribution is 2.10. The van der Waals surface area contributed by atoms with Gasteiger partial charge in [0.25, 0.3) is 11.1 Å². The number of hydrogen-bond acceptors (Lipinski definition) is 4. The average Bonchev–Trinajstić information content (AvgIpc) is 2.49. The molecular weight excluding hydrogens is 440 g/mol. The highest BCUT2D eigenvalue weighted by Gasteiger charge is 2.20. The number of nitrogens with one attached hydrogen (secondary N) is 2. The molecule has 0 saturated heterocycles. The van der Waals surface area contributed by atoms with Gasteiger partial charge in [-0.05, 0) is 64.4 Å². The molecule has 0 aromatic carbocycles. The summed E-state index contributed by atoms with van der Waals surface area (Å²) in [4.78, 5) is 51.2. The van der Waals surface area contributed by atoms with E-state index < -0.39 is 16.8 Å². The molecule has 0 fully saturated rings. The van der Waals surface area contributed by atoms with Crippen LogP contribution in [0.15, 0.2) is 23.7 Å². The van der Waals surface area contributed by atoms with Gasteiger partial charge in [0.1, 0.15) is 9.50 Å². The van der Waals surface area contributed by atoms with Crippen molar-refractivity contribution < 1.29 is 0 Å². The third kappa shape index (κ3) is 5.10. The Bertz CT molecular complexity index is 1070. The van der Waals surface area contributed by atoms with Crippen molar-refractivity contribution in [2.45, 2.75) is 60.0 Å². The molecule has 2 heterocycles. The minimum absolute atomic E-state index is 0.0690. The normalized spacial score (nSPS) is 11.3. The molecule has 2 rings (SSSR count). The fraction of sp³-hybridized carbons (Fsp3) is 0.529. The average molecular weight is 464 g/mol. The van der Waals surface area contributed by atoms with Crippen molar-refractivity contribution >= 4 is 27.5 Å². The first-order valence-electron chi connectivity index (χ1n) is 8.23. The summed E-state index contributed by atoms with van der Waals surface area (Å²) in [5, 5.41) is 0.0690. The Kier molecular flexibility index (Phi) is 7.24. The Balaban J connectivity index is 0.000000271. The van der Waals surface area contributed by atoms with Crippen LogP contribution in [0.3, 0.4) is 0 Å². The van der Waals surface area contributed by atoms with Crippen molar-refractivity contribution in [2.75, 3.05) is 0 Å². The minimum atomic E-state index is -0.567. The number of nitrogens with zero attached hydrogens (tertiary/aromatic N) is 2. The van der Waals surface area contributed by atoms with E-state index in [9.17, 15) is 19.2 Å². The number of aryl methyl sites for hydroxylation is 2. The number of hydrogen-bond donors (Lipinski definition) is 2. The van der Waals surface area contributed by atoms with Gasteiger partial charge < -0.3 is 9.97 Å². The molecule has 10 heteroatoms. The molecule has 0 aliphatic rings. The summed E-state index contributed by atoms with van der Waals surface area (Å²) in [7, 11) is 0. The molecule has 0 aliphatic carbocycles. The monoisotopic (exact) mass is 462 g/mol. The van der Waals surface area contributed by atoms with Crippen LogP contribution < -0.4 is 22.5 Å². The van der Waals surface area contributed by atoms with Gasteiger partial charge in [-0.3, -0.25) is 18.7 Å². The summed E-state index contributed by atoms with van der Waals surface area (Å²) in [6, 6.07) is -0.131. The Morgan fingerprint density at radius 1 is 0.926 bits per heavy atom. The molecule has 8 nitrogen and oxygen atoms in total. The van der Waals surface area contributed by atoms with E-state index in [1.165, 1.54) is 4.57 Å². The zero-order chi connectivity index (χ0) is 21.3. The summed E-state index contributed by atoms with van der Waals surface area (Å²) < 4.78 is 2.71. The Hall–Kier alpha value is -1.87. The second-order valence-electron chi connectivity index (χ2n) is 7.32. The number of aromatic nitrogens is 4. The molecule has 0 aliphatic heterocycles. The summed E-state index contributed by atoms with van der Waals surface area (Å²) in [5.41, 5.74) is -1.11. The lowest BCUT2D eigenvalue weighted by Crippen LogP contribution is -2.45. The second-order valence-corrected chi connectivity index (χ2v) is 8.49. The molecule has 0 atom stereocenters. The lowest BCUT2D eigenvalue weighted by atomic mass is 10.1. The van der Waals surface area contributed by atoms with Gasteiger partial charge in [-0.1, -0.05) is 11.6 Å². The van der Waals surface area contributed by atoms with Crippen LogP contribution in [0.2, 0.25) is 5.02 Å². The largest absolute Gasteiger partial charge is 0.329 e. The van der Waals surface area contributed by atoms with Crippen LogP contribution in [0.25, 0.3) is 0 Å². The van der Waals surface area contributed by atoms with Crippen LogP contribution in [-0.4, -0.2) is 19.1 Å². The third-order valence-electron chi connectivity index (χ3n) is 3.65. The highest BCUT2D eigenvalue weighted by molar-refractivity contribution is 9.10. The standard InChI is InChI=1S/C9H13ClN2O2.C8H11BrN2O2/c1-5-6(10)7(13)12(8(14)11-5)9(2,3)4;1-4(2)11-7(12)6(9)5(3)10-8(11)13/h1-4H3,(H,11,14);4H,1-3H3,(H,10,13). The molecule has 2 aromatic rings. The van der Waals surface area contributed by atoms with Gasteiger partial charge >= 0.3 is 11.4 Å². The zero-order valence-corrected chi connectivity index (χ0v) is 18.7. The molecule has 150 valence electrons. The fourth-order valence-electron chi connectivity index (χ4n) is 2.33. The van der Waals surface area contributed by atoms with Crippen molar-refractivity contribution in [3.8, 4) is 0 Å².